The van der Waals surface area contributed by atoms with Crippen LogP contribution in [-0.4, -0.2) is 68.2 Å². The Morgan fingerprint density at radius 3 is 2.18 bits per heavy atom. The van der Waals surface area contributed by atoms with Crippen LogP contribution >= 0.6 is 0 Å². The third kappa shape index (κ3) is 6.82. The number of hydrogen-bond donors (Lipinski definition) is 2. The Morgan fingerprint density at radius 2 is 1.66 bits per heavy atom. The van der Waals surface area contributed by atoms with E-state index in [-0.39, 0.29) is 11.2 Å². The van der Waals surface area contributed by atoms with Crippen molar-refractivity contribution in [3.05, 3.63) is 35.9 Å². The van der Waals surface area contributed by atoms with E-state index in [2.05, 4.69) is 30.7 Å². The number of rotatable bonds is 4. The van der Waals surface area contributed by atoms with E-state index < -0.39 is 40.7 Å². The Kier molecular flexibility index (Phi) is 8.10. The molecule has 15 heteroatoms. The maximum atomic E-state index is 13.5. The molecule has 10 nitrogen and oxygen atoms in total. The predicted molar refractivity (Wildman–Crippen MR) is 130 cm³/mol. The van der Waals surface area contributed by atoms with Gasteiger partial charge in [0, 0.05) is 52.4 Å². The van der Waals surface area contributed by atoms with E-state index in [1.807, 2.05) is 0 Å². The van der Waals surface area contributed by atoms with Gasteiger partial charge in [-0.25, -0.2) is 9.50 Å². The molecule has 0 saturated carbocycles. The van der Waals surface area contributed by atoms with Crippen LogP contribution in [0.3, 0.4) is 0 Å². The monoisotopic (exact) mass is 544 g/mol. The van der Waals surface area contributed by atoms with Gasteiger partial charge in [-0.2, -0.15) is 32.1 Å². The summed E-state index contributed by atoms with van der Waals surface area (Å²) >= 11 is 0. The summed E-state index contributed by atoms with van der Waals surface area (Å²) < 4.78 is 66.1. The van der Waals surface area contributed by atoms with E-state index in [4.69, 9.17) is 0 Å². The van der Waals surface area contributed by atoms with Crippen molar-refractivity contribution in [2.75, 3.05) is 36.4 Å². The average Bonchev–Trinajstić information content (AvgIpc) is 3.43. The molecule has 0 aromatic carbocycles. The first-order chi connectivity index (χ1) is 17.5. The summed E-state index contributed by atoms with van der Waals surface area (Å²) in [7, 11) is 0. The van der Waals surface area contributed by atoms with Gasteiger partial charge in [-0.15, -0.1) is 0 Å². The van der Waals surface area contributed by atoms with Crippen molar-refractivity contribution in [1.29, 1.82) is 0 Å². The smallest absolute Gasteiger partial charge is 0.354 e. The number of halogens is 5. The maximum Gasteiger partial charge on any atom is 0.437 e. The van der Waals surface area contributed by atoms with Crippen molar-refractivity contribution in [3.63, 3.8) is 0 Å². The van der Waals surface area contributed by atoms with Crippen molar-refractivity contribution in [2.45, 2.75) is 52.3 Å². The number of carbonyl (C=O) groups is 2. The van der Waals surface area contributed by atoms with E-state index in [9.17, 15) is 31.5 Å². The van der Waals surface area contributed by atoms with Crippen molar-refractivity contribution < 1.29 is 31.5 Å². The number of nitrogens with one attached hydrogen (secondary N) is 2. The normalized spacial score (nSPS) is 14.7. The zero-order chi connectivity index (χ0) is 28.5. The minimum absolute atomic E-state index is 0.0774. The molecule has 0 radical (unpaired) electrons. The highest BCUT2D eigenvalue weighted by Gasteiger charge is 2.39. The van der Waals surface area contributed by atoms with Gasteiger partial charge in [-0.1, -0.05) is 0 Å². The number of alkyl halides is 5. The topological polar surface area (TPSA) is 109 Å². The van der Waals surface area contributed by atoms with Crippen LogP contribution in [0.5, 0.6) is 0 Å². The maximum absolute atomic E-state index is 13.5. The molecule has 0 aliphatic carbocycles. The highest BCUT2D eigenvalue weighted by Crippen LogP contribution is 2.35. The Morgan fingerprint density at radius 1 is 1.05 bits per heavy atom. The third-order valence-electron chi connectivity index (χ3n) is 5.58. The number of hydrogen-bond acceptors (Lipinski definition) is 7. The molecule has 1 aliphatic heterocycles. The van der Waals surface area contributed by atoms with Gasteiger partial charge >= 0.3 is 12.1 Å². The molecule has 208 valence electrons. The number of amides is 1. The SMILES string of the molecule is CC(=O)C(C)(F)F.CC(C)(C)n1cc(NC(=O)c2cnn3ccc(N4CCNCC4)nc23)c(C(F)(F)F)n1. The second-order valence-corrected chi connectivity index (χ2v) is 9.75. The van der Waals surface area contributed by atoms with Gasteiger partial charge < -0.3 is 15.5 Å². The van der Waals surface area contributed by atoms with Crippen LogP contribution in [0.1, 0.15) is 50.7 Å². The fraction of sp³-hybridized carbons (Fsp3) is 0.522. The molecule has 3 aromatic rings. The Bertz CT molecular complexity index is 1300. The lowest BCUT2D eigenvalue weighted by Gasteiger charge is -2.28. The van der Waals surface area contributed by atoms with Gasteiger partial charge in [0.1, 0.15) is 11.4 Å². The number of ketones is 1. The molecule has 1 amide bonds. The van der Waals surface area contributed by atoms with Crippen LogP contribution in [0.2, 0.25) is 0 Å². The Hall–Kier alpha value is -3.62. The lowest BCUT2D eigenvalue weighted by Crippen LogP contribution is -2.43. The highest BCUT2D eigenvalue weighted by atomic mass is 19.4. The van der Waals surface area contributed by atoms with Crippen LogP contribution in [0, 0.1) is 0 Å². The number of aromatic nitrogens is 5. The number of nitrogens with zero attached hydrogens (tertiary/aromatic N) is 6. The van der Waals surface area contributed by atoms with E-state index in [0.717, 1.165) is 33.1 Å². The molecule has 38 heavy (non-hydrogen) atoms. The number of fused-ring (bicyclic) bond motifs is 1. The lowest BCUT2D eigenvalue weighted by atomic mass is 10.1. The van der Waals surface area contributed by atoms with Gasteiger partial charge in [-0.3, -0.25) is 14.3 Å². The van der Waals surface area contributed by atoms with Gasteiger partial charge in [0.05, 0.1) is 17.4 Å². The summed E-state index contributed by atoms with van der Waals surface area (Å²) in [5.41, 5.74) is -1.90. The van der Waals surface area contributed by atoms with Gasteiger partial charge in [0.15, 0.2) is 17.1 Å². The molecule has 4 rings (SSSR count). The van der Waals surface area contributed by atoms with Crippen molar-refractivity contribution in [1.82, 2.24) is 29.7 Å². The zero-order valence-electron chi connectivity index (χ0n) is 21.5. The zero-order valence-corrected chi connectivity index (χ0v) is 21.5. The molecule has 4 heterocycles. The van der Waals surface area contributed by atoms with E-state index >= 15 is 0 Å². The molecule has 1 fully saturated rings. The molecule has 1 aliphatic rings. The molecule has 0 spiro atoms. The molecular formula is C23H29F5N8O2. The largest absolute Gasteiger partial charge is 0.437 e. The lowest BCUT2D eigenvalue weighted by molar-refractivity contribution is -0.141. The third-order valence-corrected chi connectivity index (χ3v) is 5.58. The minimum Gasteiger partial charge on any atom is -0.354 e. The van der Waals surface area contributed by atoms with E-state index in [1.165, 1.54) is 21.6 Å². The van der Waals surface area contributed by atoms with Gasteiger partial charge in [0.25, 0.3) is 5.91 Å². The molecule has 0 bridgehead atoms. The van der Waals surface area contributed by atoms with Crippen LogP contribution in [-0.2, 0) is 16.5 Å². The predicted octanol–water partition coefficient (Wildman–Crippen LogP) is 3.59. The molecule has 0 unspecified atom stereocenters. The van der Waals surface area contributed by atoms with Crippen LogP contribution < -0.4 is 15.5 Å². The summed E-state index contributed by atoms with van der Waals surface area (Å²) in [6.07, 6.45) is -0.560. The first kappa shape index (κ1) is 28.9. The van der Waals surface area contributed by atoms with E-state index in [0.29, 0.717) is 12.7 Å². The number of piperazine rings is 1. The van der Waals surface area contributed by atoms with E-state index in [1.54, 1.807) is 33.0 Å². The first-order valence-electron chi connectivity index (χ1n) is 11.7. The summed E-state index contributed by atoms with van der Waals surface area (Å²) in [6.45, 7) is 9.76. The second-order valence-electron chi connectivity index (χ2n) is 9.75. The second kappa shape index (κ2) is 10.6. The molecule has 0 atom stereocenters. The van der Waals surface area contributed by atoms with Crippen molar-refractivity contribution in [2.24, 2.45) is 0 Å². The van der Waals surface area contributed by atoms with Gasteiger partial charge in [-0.05, 0) is 26.8 Å². The fourth-order valence-electron chi connectivity index (χ4n) is 3.30. The average molecular weight is 545 g/mol. The molecule has 1 saturated heterocycles. The minimum atomic E-state index is -4.71. The first-order valence-corrected chi connectivity index (χ1v) is 11.7. The number of Topliss-reactive ketones (excluding diaryl/α,β-unsaturated/α-hetero) is 1. The number of carbonyl (C=O) groups excluding carboxylic acids is 2. The molecular weight excluding hydrogens is 515 g/mol. The summed E-state index contributed by atoms with van der Waals surface area (Å²) in [5, 5.41) is 13.4. The van der Waals surface area contributed by atoms with Crippen molar-refractivity contribution >= 4 is 28.8 Å². The van der Waals surface area contributed by atoms with Crippen LogP contribution in [0.15, 0.2) is 24.7 Å². The summed E-state index contributed by atoms with van der Waals surface area (Å²) in [4.78, 5) is 29.2. The summed E-state index contributed by atoms with van der Waals surface area (Å²) in [6, 6.07) is 1.79. The summed E-state index contributed by atoms with van der Waals surface area (Å²) in [5.74, 6) is -4.29. The Balaban J connectivity index is 0.000000505. The van der Waals surface area contributed by atoms with Crippen LogP contribution in [0.4, 0.5) is 33.5 Å². The Labute approximate surface area is 215 Å². The standard InChI is InChI=1S/C19H23F3N8O.C4H6F2O/c1-18(2,3)30-11-13(15(27-30)19(20,21)22)25-17(31)12-10-24-29-7-4-14(26-16(12)29)28-8-5-23-6-9-28;1-3(7)4(2,5)6/h4,7,10-11,23H,5-6,8-9H2,1-3H3,(H,25,31);1-2H3. The fourth-order valence-corrected chi connectivity index (χ4v) is 3.30. The van der Waals surface area contributed by atoms with Crippen LogP contribution in [0.25, 0.3) is 5.65 Å². The van der Waals surface area contributed by atoms with Crippen molar-refractivity contribution in [3.8, 4) is 0 Å². The molecule has 3 aromatic heterocycles. The quantitative estimate of drug-likeness (QED) is 0.483. The molecule has 2 N–H and O–H groups in total. The highest BCUT2D eigenvalue weighted by molar-refractivity contribution is 6.08. The number of anilines is 2. The van der Waals surface area contributed by atoms with Gasteiger partial charge in [0.2, 0.25) is 0 Å².